The van der Waals surface area contributed by atoms with Crippen molar-refractivity contribution in [3.8, 4) is 5.75 Å². The molecule has 1 unspecified atom stereocenters. The number of amides is 1. The zero-order chi connectivity index (χ0) is 22.8. The number of aliphatic hydroxyl groups is 1. The van der Waals surface area contributed by atoms with Crippen LogP contribution in [0.5, 0.6) is 5.75 Å². The lowest BCUT2D eigenvalue weighted by atomic mass is 9.92. The van der Waals surface area contributed by atoms with Crippen LogP contribution in [0.25, 0.3) is 5.76 Å². The average molecular weight is 448 g/mol. The van der Waals surface area contributed by atoms with E-state index in [1.165, 1.54) is 4.90 Å². The van der Waals surface area contributed by atoms with E-state index in [-0.39, 0.29) is 11.3 Å². The van der Waals surface area contributed by atoms with Crippen molar-refractivity contribution in [2.45, 2.75) is 19.9 Å². The molecule has 3 aromatic rings. The minimum Gasteiger partial charge on any atom is -0.507 e. The molecular formula is C26H22ClNO4. The van der Waals surface area contributed by atoms with Gasteiger partial charge >= 0.3 is 0 Å². The van der Waals surface area contributed by atoms with Gasteiger partial charge in [0.15, 0.2) is 0 Å². The number of hydrogen-bond acceptors (Lipinski definition) is 4. The van der Waals surface area contributed by atoms with E-state index in [0.717, 1.165) is 11.1 Å². The summed E-state index contributed by atoms with van der Waals surface area (Å²) in [6.45, 7) is 4.13. The number of benzene rings is 3. The van der Waals surface area contributed by atoms with Crippen molar-refractivity contribution in [3.63, 3.8) is 0 Å². The van der Waals surface area contributed by atoms with Gasteiger partial charge in [0, 0.05) is 11.3 Å². The Balaban J connectivity index is 1.95. The Hall–Kier alpha value is -3.57. The van der Waals surface area contributed by atoms with Gasteiger partial charge in [-0.25, -0.2) is 0 Å². The summed E-state index contributed by atoms with van der Waals surface area (Å²) in [5.74, 6) is -1.31. The number of anilines is 1. The molecule has 32 heavy (non-hydrogen) atoms. The Morgan fingerprint density at radius 3 is 2.41 bits per heavy atom. The van der Waals surface area contributed by atoms with Gasteiger partial charge in [-0.2, -0.15) is 0 Å². The molecule has 1 heterocycles. The number of halogens is 1. The number of ketones is 1. The molecule has 5 nitrogen and oxygen atoms in total. The number of ether oxygens (including phenoxy) is 1. The van der Waals surface area contributed by atoms with Crippen molar-refractivity contribution in [2.24, 2.45) is 0 Å². The summed E-state index contributed by atoms with van der Waals surface area (Å²) in [5.41, 5.74) is 2.61. The third-order valence-electron chi connectivity index (χ3n) is 5.47. The molecule has 0 radical (unpaired) electrons. The summed E-state index contributed by atoms with van der Waals surface area (Å²) in [6, 6.07) is 20.5. The maximum absolute atomic E-state index is 13.2. The van der Waals surface area contributed by atoms with Gasteiger partial charge < -0.3 is 9.84 Å². The van der Waals surface area contributed by atoms with Gasteiger partial charge in [-0.05, 0) is 55.3 Å². The van der Waals surface area contributed by atoms with Crippen LogP contribution < -0.4 is 9.64 Å². The van der Waals surface area contributed by atoms with Crippen molar-refractivity contribution in [1.82, 2.24) is 0 Å². The van der Waals surface area contributed by atoms with Gasteiger partial charge in [0.2, 0.25) is 0 Å². The minimum absolute atomic E-state index is 0.0259. The summed E-state index contributed by atoms with van der Waals surface area (Å²) in [4.78, 5) is 27.8. The molecule has 1 aliphatic rings. The van der Waals surface area contributed by atoms with E-state index in [9.17, 15) is 14.7 Å². The number of carbonyl (C=O) groups is 2. The molecule has 0 spiro atoms. The highest BCUT2D eigenvalue weighted by molar-refractivity contribution is 6.51. The van der Waals surface area contributed by atoms with Crippen LogP contribution in [0.3, 0.4) is 0 Å². The summed E-state index contributed by atoms with van der Waals surface area (Å²) in [7, 11) is 0. The molecule has 1 saturated heterocycles. The second kappa shape index (κ2) is 8.89. The Kier molecular flexibility index (Phi) is 6.01. The molecule has 0 aromatic heterocycles. The number of para-hydroxylation sites is 1. The maximum atomic E-state index is 13.2. The second-order valence-corrected chi connectivity index (χ2v) is 7.85. The van der Waals surface area contributed by atoms with E-state index in [1.807, 2.05) is 44.2 Å². The van der Waals surface area contributed by atoms with Gasteiger partial charge in [-0.1, -0.05) is 54.1 Å². The fourth-order valence-corrected chi connectivity index (χ4v) is 4.12. The van der Waals surface area contributed by atoms with Gasteiger partial charge in [-0.15, -0.1) is 0 Å². The molecule has 4 rings (SSSR count). The molecule has 0 saturated carbocycles. The van der Waals surface area contributed by atoms with Crippen molar-refractivity contribution in [1.29, 1.82) is 0 Å². The molecule has 1 fully saturated rings. The van der Waals surface area contributed by atoms with Crippen molar-refractivity contribution < 1.29 is 19.4 Å². The van der Waals surface area contributed by atoms with E-state index >= 15 is 0 Å². The van der Waals surface area contributed by atoms with Crippen LogP contribution >= 0.6 is 11.6 Å². The van der Waals surface area contributed by atoms with Gasteiger partial charge in [0.1, 0.15) is 11.5 Å². The summed E-state index contributed by atoms with van der Waals surface area (Å²) < 4.78 is 5.53. The van der Waals surface area contributed by atoms with E-state index < -0.39 is 17.7 Å². The van der Waals surface area contributed by atoms with E-state index in [4.69, 9.17) is 16.3 Å². The Bertz CT molecular complexity index is 1220. The van der Waals surface area contributed by atoms with Gasteiger partial charge in [-0.3, -0.25) is 14.5 Å². The summed E-state index contributed by atoms with van der Waals surface area (Å²) in [6.07, 6.45) is 0. The molecule has 3 aromatic carbocycles. The van der Waals surface area contributed by atoms with E-state index in [0.29, 0.717) is 28.6 Å². The van der Waals surface area contributed by atoms with E-state index in [2.05, 4.69) is 0 Å². The Labute approximate surface area is 191 Å². The van der Waals surface area contributed by atoms with Gasteiger partial charge in [0.25, 0.3) is 11.7 Å². The largest absolute Gasteiger partial charge is 0.507 e. The van der Waals surface area contributed by atoms with Crippen LogP contribution in [0.1, 0.15) is 29.7 Å². The molecular weight excluding hydrogens is 426 g/mol. The molecule has 162 valence electrons. The SMILES string of the molecule is CCOc1cc(/C(O)=C2\C(=O)C(=O)N(c3ccccc3)C2c2ccccc2C)ccc1Cl. The van der Waals surface area contributed by atoms with Crippen LogP contribution in [0.4, 0.5) is 5.69 Å². The first-order valence-corrected chi connectivity index (χ1v) is 10.7. The monoisotopic (exact) mass is 447 g/mol. The van der Waals surface area contributed by atoms with Crippen molar-refractivity contribution in [3.05, 3.63) is 100 Å². The molecule has 1 atom stereocenters. The lowest BCUT2D eigenvalue weighted by Gasteiger charge is -2.26. The lowest BCUT2D eigenvalue weighted by Crippen LogP contribution is -2.29. The number of aliphatic hydroxyl groups excluding tert-OH is 1. The minimum atomic E-state index is -0.773. The Morgan fingerprint density at radius 2 is 1.72 bits per heavy atom. The number of aryl methyl sites for hydroxylation is 1. The summed E-state index contributed by atoms with van der Waals surface area (Å²) in [5, 5.41) is 11.7. The number of nitrogens with zero attached hydrogens (tertiary/aromatic N) is 1. The smallest absolute Gasteiger partial charge is 0.300 e. The molecule has 0 aliphatic carbocycles. The maximum Gasteiger partial charge on any atom is 0.300 e. The topological polar surface area (TPSA) is 66.8 Å². The molecule has 0 bridgehead atoms. The van der Waals surface area contributed by atoms with Crippen LogP contribution in [0.15, 0.2) is 78.4 Å². The molecule has 1 N–H and O–H groups in total. The van der Waals surface area contributed by atoms with Crippen LogP contribution in [0, 0.1) is 6.92 Å². The third-order valence-corrected chi connectivity index (χ3v) is 5.78. The highest BCUT2D eigenvalue weighted by Gasteiger charge is 2.47. The molecule has 6 heteroatoms. The lowest BCUT2D eigenvalue weighted by molar-refractivity contribution is -0.132. The number of rotatable bonds is 5. The van der Waals surface area contributed by atoms with Gasteiger partial charge in [0.05, 0.1) is 23.2 Å². The first-order chi connectivity index (χ1) is 15.4. The number of Topliss-reactive ketones (excluding diaryl/α,β-unsaturated/α-hetero) is 1. The van der Waals surface area contributed by atoms with Crippen LogP contribution in [-0.2, 0) is 9.59 Å². The molecule has 1 aliphatic heterocycles. The number of hydrogen-bond donors (Lipinski definition) is 1. The number of carbonyl (C=O) groups excluding carboxylic acids is 2. The zero-order valence-corrected chi connectivity index (χ0v) is 18.5. The standard InChI is InChI=1S/C26H22ClNO4/c1-3-32-21-15-17(13-14-20(21)27)24(29)22-23(19-12-8-7-9-16(19)2)28(26(31)25(22)30)18-10-5-4-6-11-18/h4-15,23,29H,3H2,1-2H3/b24-22+. The Morgan fingerprint density at radius 1 is 1.03 bits per heavy atom. The fraction of sp³-hybridized carbons (Fsp3) is 0.154. The first-order valence-electron chi connectivity index (χ1n) is 10.3. The molecule has 1 amide bonds. The fourth-order valence-electron chi connectivity index (χ4n) is 3.95. The average Bonchev–Trinajstić information content (AvgIpc) is 3.06. The second-order valence-electron chi connectivity index (χ2n) is 7.44. The first kappa shape index (κ1) is 21.7. The highest BCUT2D eigenvalue weighted by atomic mass is 35.5. The van der Waals surface area contributed by atoms with Crippen molar-refractivity contribution in [2.75, 3.05) is 11.5 Å². The normalized spacial score (nSPS) is 17.6. The zero-order valence-electron chi connectivity index (χ0n) is 17.7. The highest BCUT2D eigenvalue weighted by Crippen LogP contribution is 2.43. The quantitative estimate of drug-likeness (QED) is 0.310. The predicted octanol–water partition coefficient (Wildman–Crippen LogP) is 5.67. The van der Waals surface area contributed by atoms with Crippen molar-refractivity contribution >= 4 is 34.7 Å². The summed E-state index contributed by atoms with van der Waals surface area (Å²) >= 11 is 6.19. The third kappa shape index (κ3) is 3.76. The van der Waals surface area contributed by atoms with E-state index in [1.54, 1.807) is 42.5 Å². The van der Waals surface area contributed by atoms with Crippen LogP contribution in [-0.4, -0.2) is 23.4 Å². The predicted molar refractivity (Wildman–Crippen MR) is 125 cm³/mol. The van der Waals surface area contributed by atoms with Crippen LogP contribution in [0.2, 0.25) is 5.02 Å².